The van der Waals surface area contributed by atoms with Gasteiger partial charge in [-0.3, -0.25) is 14.9 Å². The standard InChI is InChI=1S/C22H20N4O5/c27-22-14-30-13-17(25-22)11-15-1-6-19(7-2-15)31-20-8-3-16(4-9-20)24-21-10-5-18(12-23-21)26(28)29/h1-10,12,17H,11,13-14H2,(H,23,24)(H,25,27). The number of benzene rings is 2. The van der Waals surface area contributed by atoms with E-state index in [1.165, 1.54) is 12.3 Å². The molecule has 2 heterocycles. The predicted octanol–water partition coefficient (Wildman–Crippen LogP) is 3.58. The molecule has 1 saturated heterocycles. The van der Waals surface area contributed by atoms with Crippen LogP contribution in [0.5, 0.6) is 11.5 Å². The van der Waals surface area contributed by atoms with E-state index in [1.54, 1.807) is 6.07 Å². The van der Waals surface area contributed by atoms with Crippen molar-refractivity contribution in [3.63, 3.8) is 0 Å². The molecule has 9 heteroatoms. The molecule has 2 aromatic carbocycles. The van der Waals surface area contributed by atoms with Crippen molar-refractivity contribution in [3.8, 4) is 11.5 Å². The highest BCUT2D eigenvalue weighted by Gasteiger charge is 2.18. The summed E-state index contributed by atoms with van der Waals surface area (Å²) >= 11 is 0. The van der Waals surface area contributed by atoms with Crippen LogP contribution in [-0.4, -0.2) is 35.1 Å². The van der Waals surface area contributed by atoms with Gasteiger partial charge in [0.1, 0.15) is 30.1 Å². The van der Waals surface area contributed by atoms with Gasteiger partial charge in [-0.15, -0.1) is 0 Å². The summed E-state index contributed by atoms with van der Waals surface area (Å²) in [6.07, 6.45) is 1.90. The van der Waals surface area contributed by atoms with Crippen molar-refractivity contribution < 1.29 is 19.2 Å². The van der Waals surface area contributed by atoms with Crippen LogP contribution < -0.4 is 15.4 Å². The zero-order valence-corrected chi connectivity index (χ0v) is 16.5. The lowest BCUT2D eigenvalue weighted by Crippen LogP contribution is -2.46. The maximum absolute atomic E-state index is 11.4. The number of carbonyl (C=O) groups excluding carboxylic acids is 1. The molecule has 9 nitrogen and oxygen atoms in total. The van der Waals surface area contributed by atoms with Gasteiger partial charge >= 0.3 is 0 Å². The fourth-order valence-corrected chi connectivity index (χ4v) is 3.15. The number of rotatable bonds is 7. The van der Waals surface area contributed by atoms with Gasteiger partial charge in [-0.25, -0.2) is 4.98 Å². The van der Waals surface area contributed by atoms with Crippen molar-refractivity contribution in [2.75, 3.05) is 18.5 Å². The Bertz CT molecular complexity index is 1050. The van der Waals surface area contributed by atoms with Gasteiger partial charge in [0.05, 0.1) is 17.6 Å². The van der Waals surface area contributed by atoms with Gasteiger partial charge in [0, 0.05) is 11.8 Å². The quantitative estimate of drug-likeness (QED) is 0.443. The molecular formula is C22H20N4O5. The Balaban J connectivity index is 1.32. The van der Waals surface area contributed by atoms with Crippen molar-refractivity contribution in [1.29, 1.82) is 0 Å². The fourth-order valence-electron chi connectivity index (χ4n) is 3.15. The number of nitrogens with one attached hydrogen (secondary N) is 2. The van der Waals surface area contributed by atoms with Gasteiger partial charge < -0.3 is 20.1 Å². The third-order valence-electron chi connectivity index (χ3n) is 4.64. The van der Waals surface area contributed by atoms with Gasteiger partial charge in [-0.2, -0.15) is 0 Å². The van der Waals surface area contributed by atoms with Crippen molar-refractivity contribution in [2.24, 2.45) is 0 Å². The Labute approximate surface area is 178 Å². The van der Waals surface area contributed by atoms with E-state index in [2.05, 4.69) is 15.6 Å². The van der Waals surface area contributed by atoms with E-state index >= 15 is 0 Å². The maximum atomic E-state index is 11.4. The fraction of sp³-hybridized carbons (Fsp3) is 0.182. The summed E-state index contributed by atoms with van der Waals surface area (Å²) < 4.78 is 11.1. The average Bonchev–Trinajstić information content (AvgIpc) is 2.77. The lowest BCUT2D eigenvalue weighted by atomic mass is 10.1. The Morgan fingerprint density at radius 1 is 1.10 bits per heavy atom. The zero-order chi connectivity index (χ0) is 21.6. The molecule has 158 valence electrons. The number of nitro groups is 1. The highest BCUT2D eigenvalue weighted by Crippen LogP contribution is 2.25. The average molecular weight is 420 g/mol. The molecule has 31 heavy (non-hydrogen) atoms. The van der Waals surface area contributed by atoms with Crippen LogP contribution in [0.1, 0.15) is 5.56 Å². The smallest absolute Gasteiger partial charge is 0.287 e. The Morgan fingerprint density at radius 3 is 2.42 bits per heavy atom. The first-order valence-corrected chi connectivity index (χ1v) is 9.66. The van der Waals surface area contributed by atoms with Gasteiger partial charge in [0.25, 0.3) is 5.69 Å². The van der Waals surface area contributed by atoms with Gasteiger partial charge in [0.2, 0.25) is 5.91 Å². The predicted molar refractivity (Wildman–Crippen MR) is 114 cm³/mol. The summed E-state index contributed by atoms with van der Waals surface area (Å²) in [5.41, 5.74) is 1.80. The highest BCUT2D eigenvalue weighted by molar-refractivity contribution is 5.78. The van der Waals surface area contributed by atoms with Crippen molar-refractivity contribution in [3.05, 3.63) is 82.5 Å². The third-order valence-corrected chi connectivity index (χ3v) is 4.64. The minimum atomic E-state index is -0.488. The lowest BCUT2D eigenvalue weighted by molar-refractivity contribution is -0.385. The second-order valence-electron chi connectivity index (χ2n) is 7.04. The molecule has 3 aromatic rings. The Hall–Kier alpha value is -3.98. The van der Waals surface area contributed by atoms with Crippen LogP contribution in [0.4, 0.5) is 17.2 Å². The molecule has 2 N–H and O–H groups in total. The molecule has 0 spiro atoms. The van der Waals surface area contributed by atoms with Crippen LogP contribution in [-0.2, 0) is 16.0 Å². The molecular weight excluding hydrogens is 400 g/mol. The van der Waals surface area contributed by atoms with Crippen LogP contribution in [0.25, 0.3) is 0 Å². The summed E-state index contributed by atoms with van der Waals surface area (Å²) in [6, 6.07) is 17.9. The SMILES string of the molecule is O=C1COCC(Cc2ccc(Oc3ccc(Nc4ccc([N+](=O)[O-])cn4)cc3)cc2)N1. The number of hydrogen-bond acceptors (Lipinski definition) is 7. The van der Waals surface area contributed by atoms with Crippen LogP contribution in [0.15, 0.2) is 66.9 Å². The van der Waals surface area contributed by atoms with Crippen molar-refractivity contribution in [1.82, 2.24) is 10.3 Å². The number of nitrogens with zero attached hydrogens (tertiary/aromatic N) is 2. The molecule has 0 aliphatic carbocycles. The minimum absolute atomic E-state index is 0.0155. The summed E-state index contributed by atoms with van der Waals surface area (Å²) in [5, 5.41) is 16.7. The van der Waals surface area contributed by atoms with E-state index in [1.807, 2.05) is 48.5 Å². The monoisotopic (exact) mass is 420 g/mol. The number of anilines is 2. The molecule has 1 amide bonds. The summed E-state index contributed by atoms with van der Waals surface area (Å²) in [4.78, 5) is 25.6. The first-order chi connectivity index (χ1) is 15.0. The Kier molecular flexibility index (Phi) is 6.04. The van der Waals surface area contributed by atoms with Gasteiger partial charge in [0.15, 0.2) is 0 Å². The molecule has 0 saturated carbocycles. The van der Waals surface area contributed by atoms with Crippen molar-refractivity contribution in [2.45, 2.75) is 12.5 Å². The molecule has 1 aromatic heterocycles. The molecule has 1 atom stereocenters. The van der Waals surface area contributed by atoms with Crippen LogP contribution in [0.3, 0.4) is 0 Å². The molecule has 1 aliphatic heterocycles. The molecule has 1 fully saturated rings. The minimum Gasteiger partial charge on any atom is -0.457 e. The lowest BCUT2D eigenvalue weighted by Gasteiger charge is -2.23. The number of ether oxygens (including phenoxy) is 2. The van der Waals surface area contributed by atoms with E-state index in [-0.39, 0.29) is 24.2 Å². The van der Waals surface area contributed by atoms with E-state index in [0.717, 1.165) is 11.3 Å². The summed E-state index contributed by atoms with van der Waals surface area (Å²) in [5.74, 6) is 1.79. The zero-order valence-electron chi connectivity index (χ0n) is 16.5. The Morgan fingerprint density at radius 2 is 1.81 bits per heavy atom. The van der Waals surface area contributed by atoms with E-state index in [0.29, 0.717) is 30.3 Å². The normalized spacial score (nSPS) is 15.7. The number of pyridine rings is 1. The second-order valence-corrected chi connectivity index (χ2v) is 7.04. The maximum Gasteiger partial charge on any atom is 0.287 e. The first kappa shape index (κ1) is 20.3. The molecule has 4 rings (SSSR count). The van der Waals surface area contributed by atoms with Crippen LogP contribution >= 0.6 is 0 Å². The summed E-state index contributed by atoms with van der Waals surface area (Å²) in [7, 11) is 0. The van der Waals surface area contributed by atoms with Gasteiger partial charge in [-0.05, 0) is 54.4 Å². The van der Waals surface area contributed by atoms with E-state index in [9.17, 15) is 14.9 Å². The van der Waals surface area contributed by atoms with E-state index in [4.69, 9.17) is 9.47 Å². The molecule has 1 aliphatic rings. The molecule has 1 unspecified atom stereocenters. The van der Waals surface area contributed by atoms with E-state index < -0.39 is 4.92 Å². The second kappa shape index (κ2) is 9.23. The van der Waals surface area contributed by atoms with Crippen LogP contribution in [0.2, 0.25) is 0 Å². The number of amides is 1. The summed E-state index contributed by atoms with van der Waals surface area (Å²) in [6.45, 7) is 0.641. The third kappa shape index (κ3) is 5.55. The highest BCUT2D eigenvalue weighted by atomic mass is 16.6. The number of aromatic nitrogens is 1. The number of carbonyl (C=O) groups is 1. The number of morpholine rings is 1. The molecule has 0 radical (unpaired) electrons. The topological polar surface area (TPSA) is 116 Å². The molecule has 0 bridgehead atoms. The first-order valence-electron chi connectivity index (χ1n) is 9.66. The van der Waals surface area contributed by atoms with Gasteiger partial charge in [-0.1, -0.05) is 12.1 Å². The number of hydrogen-bond donors (Lipinski definition) is 2. The van der Waals surface area contributed by atoms with Crippen LogP contribution in [0, 0.1) is 10.1 Å². The largest absolute Gasteiger partial charge is 0.457 e. The van der Waals surface area contributed by atoms with Crippen molar-refractivity contribution >= 4 is 23.1 Å².